The number of hydrogen-bond acceptors (Lipinski definition) is 5. The first-order valence-corrected chi connectivity index (χ1v) is 7.22. The molecule has 2 rings (SSSR count). The van der Waals surface area contributed by atoms with E-state index in [4.69, 9.17) is 18.9 Å². The van der Waals surface area contributed by atoms with Crippen molar-refractivity contribution in [2.75, 3.05) is 28.4 Å². The Labute approximate surface area is 141 Å². The first kappa shape index (κ1) is 17.2. The highest BCUT2D eigenvalue weighted by Gasteiger charge is 2.14. The molecule has 24 heavy (non-hydrogen) atoms. The minimum atomic E-state index is 0.634. The van der Waals surface area contributed by atoms with Crippen LogP contribution in [0.3, 0.4) is 0 Å². The predicted molar refractivity (Wildman–Crippen MR) is 91.8 cm³/mol. The lowest BCUT2D eigenvalue weighted by molar-refractivity contribution is 0.394. The Morgan fingerprint density at radius 3 is 1.96 bits per heavy atom. The first-order valence-electron chi connectivity index (χ1n) is 7.22. The van der Waals surface area contributed by atoms with Gasteiger partial charge < -0.3 is 18.9 Å². The van der Waals surface area contributed by atoms with Crippen molar-refractivity contribution < 1.29 is 18.9 Å². The molecule has 0 unspecified atom stereocenters. The van der Waals surface area contributed by atoms with Gasteiger partial charge in [-0.1, -0.05) is 0 Å². The average molecular weight is 325 g/mol. The van der Waals surface area contributed by atoms with E-state index in [1.54, 1.807) is 46.6 Å². The third-order valence-electron chi connectivity index (χ3n) is 3.57. The maximum absolute atomic E-state index is 9.24. The fourth-order valence-electron chi connectivity index (χ4n) is 2.37. The van der Waals surface area contributed by atoms with Gasteiger partial charge in [0, 0.05) is 23.3 Å². The van der Waals surface area contributed by atoms with Crippen LogP contribution in [0.1, 0.15) is 11.1 Å². The lowest BCUT2D eigenvalue weighted by Gasteiger charge is -2.15. The molecule has 0 heterocycles. The summed E-state index contributed by atoms with van der Waals surface area (Å²) in [5, 5.41) is 9.24. The molecule has 0 spiro atoms. The van der Waals surface area contributed by atoms with Crippen LogP contribution in [0, 0.1) is 11.3 Å². The van der Waals surface area contributed by atoms with Crippen LogP contribution in [0.5, 0.6) is 23.0 Å². The van der Waals surface area contributed by atoms with Gasteiger partial charge >= 0.3 is 0 Å². The molecule has 0 fully saturated rings. The van der Waals surface area contributed by atoms with Crippen LogP contribution in [0.15, 0.2) is 42.5 Å². The monoisotopic (exact) mass is 325 g/mol. The zero-order valence-corrected chi connectivity index (χ0v) is 14.1. The van der Waals surface area contributed by atoms with Gasteiger partial charge in [-0.2, -0.15) is 5.26 Å². The van der Waals surface area contributed by atoms with E-state index in [-0.39, 0.29) is 0 Å². The number of methoxy groups -OCH3 is 4. The van der Waals surface area contributed by atoms with Gasteiger partial charge in [0.05, 0.1) is 34.5 Å². The molecular weight excluding hydrogens is 306 g/mol. The third kappa shape index (κ3) is 3.61. The van der Waals surface area contributed by atoms with Crippen molar-refractivity contribution in [1.29, 1.82) is 5.26 Å². The minimum Gasteiger partial charge on any atom is -0.497 e. The second-order valence-corrected chi connectivity index (χ2v) is 4.85. The molecule has 2 aromatic rings. The van der Waals surface area contributed by atoms with E-state index in [9.17, 15) is 5.26 Å². The van der Waals surface area contributed by atoms with Gasteiger partial charge in [0.2, 0.25) is 0 Å². The van der Waals surface area contributed by atoms with Crippen LogP contribution < -0.4 is 18.9 Å². The van der Waals surface area contributed by atoms with Crippen molar-refractivity contribution in [2.24, 2.45) is 0 Å². The molecule has 0 aliphatic carbocycles. The standard InChI is InChI=1S/C19H19NO4/c1-21-14-5-6-19(24-4)18(12-14)17(7-8-20)13-9-15(22-2)11-16(10-13)23-3/h5-7,9-12H,1-4H3/b17-7+. The average Bonchev–Trinajstić information content (AvgIpc) is 2.64. The van der Waals surface area contributed by atoms with Crippen LogP contribution in [0.25, 0.3) is 5.57 Å². The highest BCUT2D eigenvalue weighted by atomic mass is 16.5. The number of rotatable bonds is 6. The number of allylic oxidation sites excluding steroid dienone is 1. The van der Waals surface area contributed by atoms with Crippen molar-refractivity contribution in [3.8, 4) is 29.1 Å². The number of benzene rings is 2. The van der Waals surface area contributed by atoms with Crippen LogP contribution in [-0.2, 0) is 0 Å². The third-order valence-corrected chi connectivity index (χ3v) is 3.57. The number of nitriles is 1. The van der Waals surface area contributed by atoms with Gasteiger partial charge in [0.1, 0.15) is 23.0 Å². The summed E-state index contributed by atoms with van der Waals surface area (Å²) in [6.45, 7) is 0. The Kier molecular flexibility index (Phi) is 5.69. The molecule has 0 bridgehead atoms. The summed E-state index contributed by atoms with van der Waals surface area (Å²) < 4.78 is 21.4. The van der Waals surface area contributed by atoms with Gasteiger partial charge in [0.15, 0.2) is 0 Å². The molecule has 0 saturated carbocycles. The second kappa shape index (κ2) is 7.93. The Balaban J connectivity index is 2.68. The summed E-state index contributed by atoms with van der Waals surface area (Å²) in [6, 6.07) is 13.0. The Morgan fingerprint density at radius 1 is 0.833 bits per heavy atom. The van der Waals surface area contributed by atoms with Crippen molar-refractivity contribution in [2.45, 2.75) is 0 Å². The normalized spacial score (nSPS) is 10.7. The van der Waals surface area contributed by atoms with Gasteiger partial charge in [-0.25, -0.2) is 0 Å². The molecule has 2 aromatic carbocycles. The van der Waals surface area contributed by atoms with Crippen molar-refractivity contribution in [1.82, 2.24) is 0 Å². The maximum Gasteiger partial charge on any atom is 0.126 e. The fourth-order valence-corrected chi connectivity index (χ4v) is 2.37. The molecular formula is C19H19NO4. The number of ether oxygens (including phenoxy) is 4. The van der Waals surface area contributed by atoms with E-state index in [2.05, 4.69) is 6.07 Å². The van der Waals surface area contributed by atoms with Crippen LogP contribution in [0.4, 0.5) is 0 Å². The molecule has 0 aromatic heterocycles. The number of nitrogens with zero attached hydrogens (tertiary/aromatic N) is 1. The van der Waals surface area contributed by atoms with Crippen molar-refractivity contribution >= 4 is 5.57 Å². The lowest BCUT2D eigenvalue weighted by atomic mass is 9.96. The zero-order chi connectivity index (χ0) is 17.5. The first-order chi connectivity index (χ1) is 11.7. The fraction of sp³-hybridized carbons (Fsp3) is 0.211. The predicted octanol–water partition coefficient (Wildman–Crippen LogP) is 3.68. The summed E-state index contributed by atoms with van der Waals surface area (Å²) in [5.41, 5.74) is 2.21. The second-order valence-electron chi connectivity index (χ2n) is 4.85. The molecule has 5 heteroatoms. The van der Waals surface area contributed by atoms with Crippen LogP contribution >= 0.6 is 0 Å². The molecule has 0 radical (unpaired) electrons. The summed E-state index contributed by atoms with van der Waals surface area (Å²) in [6.07, 6.45) is 1.46. The van der Waals surface area contributed by atoms with E-state index in [0.717, 1.165) is 11.1 Å². The number of hydrogen-bond donors (Lipinski definition) is 0. The molecule has 5 nitrogen and oxygen atoms in total. The van der Waals surface area contributed by atoms with E-state index in [1.165, 1.54) is 6.08 Å². The van der Waals surface area contributed by atoms with E-state index < -0.39 is 0 Å². The highest BCUT2D eigenvalue weighted by molar-refractivity contribution is 5.85. The van der Waals surface area contributed by atoms with Crippen molar-refractivity contribution in [3.05, 3.63) is 53.6 Å². The van der Waals surface area contributed by atoms with Crippen LogP contribution in [-0.4, -0.2) is 28.4 Å². The lowest BCUT2D eigenvalue weighted by Crippen LogP contribution is -1.97. The Morgan fingerprint density at radius 2 is 1.46 bits per heavy atom. The molecule has 0 atom stereocenters. The van der Waals surface area contributed by atoms with E-state index >= 15 is 0 Å². The molecule has 124 valence electrons. The van der Waals surface area contributed by atoms with Gasteiger partial charge in [-0.15, -0.1) is 0 Å². The quantitative estimate of drug-likeness (QED) is 0.758. The molecule has 0 saturated heterocycles. The summed E-state index contributed by atoms with van der Waals surface area (Å²) >= 11 is 0. The Hall–Kier alpha value is -3.13. The van der Waals surface area contributed by atoms with Gasteiger partial charge in [-0.05, 0) is 35.9 Å². The Bertz CT molecular complexity index is 768. The summed E-state index contributed by atoms with van der Waals surface area (Å²) in [4.78, 5) is 0. The van der Waals surface area contributed by atoms with Crippen LogP contribution in [0.2, 0.25) is 0 Å². The SMILES string of the molecule is COc1cc(OC)cc(/C(=C\C#N)c2cc(OC)ccc2OC)c1. The van der Waals surface area contributed by atoms with Gasteiger partial charge in [0.25, 0.3) is 0 Å². The largest absolute Gasteiger partial charge is 0.497 e. The molecule has 0 aliphatic heterocycles. The summed E-state index contributed by atoms with van der Waals surface area (Å²) in [5.74, 6) is 2.58. The van der Waals surface area contributed by atoms with Gasteiger partial charge in [-0.3, -0.25) is 0 Å². The zero-order valence-electron chi connectivity index (χ0n) is 14.1. The summed E-state index contributed by atoms with van der Waals surface area (Å²) in [7, 11) is 6.34. The van der Waals surface area contributed by atoms with Crippen molar-refractivity contribution in [3.63, 3.8) is 0 Å². The van der Waals surface area contributed by atoms with E-state index in [0.29, 0.717) is 28.6 Å². The molecule has 0 amide bonds. The maximum atomic E-state index is 9.24. The topological polar surface area (TPSA) is 60.7 Å². The smallest absolute Gasteiger partial charge is 0.126 e. The minimum absolute atomic E-state index is 0.634. The molecule has 0 N–H and O–H groups in total. The van der Waals surface area contributed by atoms with E-state index in [1.807, 2.05) is 18.2 Å². The molecule has 0 aliphatic rings. The highest BCUT2D eigenvalue weighted by Crippen LogP contribution is 2.36.